The van der Waals surface area contributed by atoms with Crippen molar-refractivity contribution < 1.29 is 4.79 Å². The molecule has 1 fully saturated rings. The summed E-state index contributed by atoms with van der Waals surface area (Å²) in [6, 6.07) is -0.350. The van der Waals surface area contributed by atoms with Gasteiger partial charge in [0.2, 0.25) is 5.91 Å². The van der Waals surface area contributed by atoms with Gasteiger partial charge in [0, 0.05) is 5.88 Å². The molecule has 3 nitrogen and oxygen atoms in total. The summed E-state index contributed by atoms with van der Waals surface area (Å²) in [6.07, 6.45) is 0. The molecule has 0 bridgehead atoms. The van der Waals surface area contributed by atoms with Crippen LogP contribution in [-0.4, -0.2) is 22.5 Å². The van der Waals surface area contributed by atoms with E-state index in [2.05, 4.69) is 5.32 Å². The molecule has 1 heterocycles. The minimum Gasteiger partial charge on any atom is -0.368 e. The average Bonchev–Trinajstić information content (AvgIpc) is 2.13. The zero-order valence-corrected chi connectivity index (χ0v) is 6.21. The zero-order chi connectivity index (χ0) is 6.85. The highest BCUT2D eigenvalue weighted by Crippen LogP contribution is 2.23. The van der Waals surface area contributed by atoms with Gasteiger partial charge in [0.1, 0.15) is 10.8 Å². The fourth-order valence-electron chi connectivity index (χ4n) is 0.636. The summed E-state index contributed by atoms with van der Waals surface area (Å²) in [5, 5.41) is 2.86. The van der Waals surface area contributed by atoms with E-state index in [9.17, 15) is 4.79 Å². The highest BCUT2D eigenvalue weighted by molar-refractivity contribution is 8.01. The molecule has 2 atom stereocenters. The van der Waals surface area contributed by atoms with Crippen LogP contribution in [0.4, 0.5) is 0 Å². The molecule has 1 rings (SSSR count). The third-order valence-corrected chi connectivity index (χ3v) is 2.67. The lowest BCUT2D eigenvalue weighted by atomic mass is 10.3. The first-order valence-corrected chi connectivity index (χ1v) is 3.98. The SMILES string of the molecule is NC(=O)C1NCS[C@H]1Cl. The smallest absolute Gasteiger partial charge is 0.237 e. The second-order valence-electron chi connectivity index (χ2n) is 1.75. The van der Waals surface area contributed by atoms with Gasteiger partial charge in [0.05, 0.1) is 0 Å². The molecule has 1 aliphatic rings. The van der Waals surface area contributed by atoms with Gasteiger partial charge >= 0.3 is 0 Å². The Kier molecular flexibility index (Phi) is 2.21. The van der Waals surface area contributed by atoms with Crippen LogP contribution in [0.25, 0.3) is 0 Å². The molecule has 1 unspecified atom stereocenters. The largest absolute Gasteiger partial charge is 0.368 e. The highest BCUT2D eigenvalue weighted by atomic mass is 35.5. The Hall–Kier alpha value is 0.0700. The van der Waals surface area contributed by atoms with Gasteiger partial charge in [-0.2, -0.15) is 0 Å². The Labute approximate surface area is 62.3 Å². The summed E-state index contributed by atoms with van der Waals surface area (Å²) < 4.78 is -0.192. The topological polar surface area (TPSA) is 55.1 Å². The van der Waals surface area contributed by atoms with E-state index in [1.807, 2.05) is 0 Å². The van der Waals surface area contributed by atoms with Crippen molar-refractivity contribution in [3.05, 3.63) is 0 Å². The van der Waals surface area contributed by atoms with Crippen LogP contribution in [0.5, 0.6) is 0 Å². The van der Waals surface area contributed by atoms with Crippen LogP contribution in [0.15, 0.2) is 0 Å². The summed E-state index contributed by atoms with van der Waals surface area (Å²) in [7, 11) is 0. The first kappa shape index (κ1) is 7.18. The van der Waals surface area contributed by atoms with Gasteiger partial charge in [-0.25, -0.2) is 0 Å². The summed E-state index contributed by atoms with van der Waals surface area (Å²) in [4.78, 5) is 10.5. The van der Waals surface area contributed by atoms with Crippen molar-refractivity contribution >= 4 is 29.3 Å². The third-order valence-electron chi connectivity index (χ3n) is 1.11. The molecule has 1 saturated heterocycles. The number of hydrogen-bond acceptors (Lipinski definition) is 3. The maximum atomic E-state index is 10.5. The first-order chi connectivity index (χ1) is 4.22. The molecule has 0 aromatic carbocycles. The van der Waals surface area contributed by atoms with Gasteiger partial charge in [-0.15, -0.1) is 23.4 Å². The Morgan fingerprint density at radius 1 is 1.89 bits per heavy atom. The predicted octanol–water partition coefficient (Wildman–Crippen LogP) is -0.301. The van der Waals surface area contributed by atoms with Crippen molar-refractivity contribution in [1.29, 1.82) is 0 Å². The van der Waals surface area contributed by atoms with E-state index < -0.39 is 0 Å². The average molecular weight is 167 g/mol. The van der Waals surface area contributed by atoms with E-state index in [0.29, 0.717) is 5.88 Å². The number of hydrogen-bond donors (Lipinski definition) is 2. The van der Waals surface area contributed by atoms with Gasteiger partial charge in [-0.1, -0.05) is 0 Å². The molecular weight excluding hydrogens is 160 g/mol. The fourth-order valence-corrected chi connectivity index (χ4v) is 1.90. The molecule has 52 valence electrons. The van der Waals surface area contributed by atoms with E-state index in [4.69, 9.17) is 17.3 Å². The molecule has 1 amide bonds. The Balaban J connectivity index is 2.49. The fraction of sp³-hybridized carbons (Fsp3) is 0.750. The number of alkyl halides is 1. The quantitative estimate of drug-likeness (QED) is 0.526. The molecule has 0 radical (unpaired) electrons. The van der Waals surface area contributed by atoms with Crippen LogP contribution in [0.3, 0.4) is 0 Å². The number of halogens is 1. The van der Waals surface area contributed by atoms with Gasteiger partial charge in [-0.05, 0) is 0 Å². The zero-order valence-electron chi connectivity index (χ0n) is 4.63. The Bertz CT molecular complexity index is 132. The highest BCUT2D eigenvalue weighted by Gasteiger charge is 2.29. The van der Waals surface area contributed by atoms with Gasteiger partial charge < -0.3 is 5.73 Å². The molecule has 3 N–H and O–H groups in total. The molecular formula is C4H7ClN2OS. The number of carbonyl (C=O) groups is 1. The molecule has 5 heteroatoms. The van der Waals surface area contributed by atoms with E-state index in [1.165, 1.54) is 11.8 Å². The molecule has 0 aromatic rings. The van der Waals surface area contributed by atoms with Crippen LogP contribution < -0.4 is 11.1 Å². The molecule has 0 aliphatic carbocycles. The maximum Gasteiger partial charge on any atom is 0.237 e. The number of nitrogens with two attached hydrogens (primary N) is 1. The number of primary amides is 1. The summed E-state index contributed by atoms with van der Waals surface area (Å²) in [5.74, 6) is 0.335. The van der Waals surface area contributed by atoms with Crippen LogP contribution >= 0.6 is 23.4 Å². The van der Waals surface area contributed by atoms with Crippen LogP contribution in [0, 0.1) is 0 Å². The monoisotopic (exact) mass is 166 g/mol. The van der Waals surface area contributed by atoms with Crippen molar-refractivity contribution in [2.24, 2.45) is 5.73 Å². The van der Waals surface area contributed by atoms with Crippen molar-refractivity contribution in [2.45, 2.75) is 10.8 Å². The minimum absolute atomic E-state index is 0.192. The predicted molar refractivity (Wildman–Crippen MR) is 38.2 cm³/mol. The Morgan fingerprint density at radius 2 is 2.56 bits per heavy atom. The van der Waals surface area contributed by atoms with Crippen LogP contribution in [0.1, 0.15) is 0 Å². The molecule has 1 aliphatic heterocycles. The molecule has 9 heavy (non-hydrogen) atoms. The maximum absolute atomic E-state index is 10.5. The number of rotatable bonds is 1. The third kappa shape index (κ3) is 1.50. The van der Waals surface area contributed by atoms with E-state index in [0.717, 1.165) is 0 Å². The van der Waals surface area contributed by atoms with E-state index in [1.54, 1.807) is 0 Å². The lowest BCUT2D eigenvalue weighted by molar-refractivity contribution is -0.119. The molecule has 0 aromatic heterocycles. The normalized spacial score (nSPS) is 34.8. The molecule has 0 saturated carbocycles. The van der Waals surface area contributed by atoms with Gasteiger partial charge in [0.25, 0.3) is 0 Å². The van der Waals surface area contributed by atoms with Crippen LogP contribution in [0.2, 0.25) is 0 Å². The van der Waals surface area contributed by atoms with Crippen molar-refractivity contribution in [3.63, 3.8) is 0 Å². The summed E-state index contributed by atoms with van der Waals surface area (Å²) in [6.45, 7) is 0. The van der Waals surface area contributed by atoms with E-state index in [-0.39, 0.29) is 16.7 Å². The number of thioether (sulfide) groups is 1. The van der Waals surface area contributed by atoms with Gasteiger partial charge in [-0.3, -0.25) is 10.1 Å². The van der Waals surface area contributed by atoms with E-state index >= 15 is 0 Å². The second kappa shape index (κ2) is 2.77. The van der Waals surface area contributed by atoms with Gasteiger partial charge in [0.15, 0.2) is 0 Å². The number of carbonyl (C=O) groups excluding carboxylic acids is 1. The summed E-state index contributed by atoms with van der Waals surface area (Å²) >= 11 is 7.16. The first-order valence-electron chi connectivity index (χ1n) is 2.50. The minimum atomic E-state index is -0.375. The van der Waals surface area contributed by atoms with Crippen molar-refractivity contribution in [3.8, 4) is 0 Å². The number of nitrogens with one attached hydrogen (secondary N) is 1. The summed E-state index contributed by atoms with van der Waals surface area (Å²) in [5.41, 5.74) is 4.99. The lowest BCUT2D eigenvalue weighted by Crippen LogP contribution is -2.40. The van der Waals surface area contributed by atoms with Crippen molar-refractivity contribution in [1.82, 2.24) is 5.32 Å². The second-order valence-corrected chi connectivity index (χ2v) is 3.61. The Morgan fingerprint density at radius 3 is 2.78 bits per heavy atom. The standard InChI is InChI=1S/C4H7ClN2OS/c5-3-2(4(6)8)7-1-9-3/h2-3,7H,1H2,(H2,6,8)/t2?,3-/m1/s1. The van der Waals surface area contributed by atoms with Crippen LogP contribution in [-0.2, 0) is 4.79 Å². The van der Waals surface area contributed by atoms with Crippen molar-refractivity contribution in [2.75, 3.05) is 5.88 Å². The lowest BCUT2D eigenvalue weighted by Gasteiger charge is -2.06. The molecule has 0 spiro atoms. The number of amides is 1.